The van der Waals surface area contributed by atoms with Gasteiger partial charge < -0.3 is 15.1 Å². The molecule has 0 unspecified atom stereocenters. The number of nitrogens with zero attached hydrogens (tertiary/aromatic N) is 3. The first-order valence-electron chi connectivity index (χ1n) is 7.55. The first-order chi connectivity index (χ1) is 10.7. The SMILES string of the molecule is CN1CCN(/C=C(/C#N)C(=O)NCCc2ccccc2)CC1. The highest BCUT2D eigenvalue weighted by Crippen LogP contribution is 2.04. The third-order valence-electron chi connectivity index (χ3n) is 3.76. The summed E-state index contributed by atoms with van der Waals surface area (Å²) in [6.07, 6.45) is 2.45. The lowest BCUT2D eigenvalue weighted by Gasteiger charge is -2.31. The van der Waals surface area contributed by atoms with Crippen LogP contribution in [0.25, 0.3) is 0 Å². The number of carbonyl (C=O) groups is 1. The van der Waals surface area contributed by atoms with E-state index in [0.29, 0.717) is 6.54 Å². The third-order valence-corrected chi connectivity index (χ3v) is 3.76. The van der Waals surface area contributed by atoms with Crippen LogP contribution in [0.3, 0.4) is 0 Å². The summed E-state index contributed by atoms with van der Waals surface area (Å²) in [4.78, 5) is 16.3. The smallest absolute Gasteiger partial charge is 0.263 e. The summed E-state index contributed by atoms with van der Waals surface area (Å²) in [5, 5.41) is 12.0. The molecule has 1 aliphatic rings. The highest BCUT2D eigenvalue weighted by atomic mass is 16.1. The molecule has 1 heterocycles. The highest BCUT2D eigenvalue weighted by molar-refractivity contribution is 5.97. The molecule has 0 aromatic heterocycles. The molecule has 0 saturated carbocycles. The molecule has 1 amide bonds. The summed E-state index contributed by atoms with van der Waals surface area (Å²) in [6.45, 7) is 4.12. The van der Waals surface area contributed by atoms with Crippen LogP contribution in [-0.2, 0) is 11.2 Å². The molecule has 1 aromatic carbocycles. The zero-order valence-electron chi connectivity index (χ0n) is 13.0. The predicted molar refractivity (Wildman–Crippen MR) is 85.9 cm³/mol. The van der Waals surface area contributed by atoms with E-state index in [1.807, 2.05) is 41.3 Å². The van der Waals surface area contributed by atoms with E-state index in [2.05, 4.69) is 17.3 Å². The second kappa shape index (κ2) is 8.20. The fourth-order valence-corrected chi connectivity index (χ4v) is 2.33. The fraction of sp³-hybridized carbons (Fsp3) is 0.412. The highest BCUT2D eigenvalue weighted by Gasteiger charge is 2.14. The zero-order valence-corrected chi connectivity index (χ0v) is 13.0. The number of amides is 1. The lowest BCUT2D eigenvalue weighted by molar-refractivity contribution is -0.117. The van der Waals surface area contributed by atoms with Crippen LogP contribution >= 0.6 is 0 Å². The van der Waals surface area contributed by atoms with Crippen LogP contribution in [0.5, 0.6) is 0 Å². The Labute approximate surface area is 131 Å². The third kappa shape index (κ3) is 4.90. The maximum atomic E-state index is 12.1. The van der Waals surface area contributed by atoms with Gasteiger partial charge in [0.05, 0.1) is 0 Å². The van der Waals surface area contributed by atoms with Crippen molar-refractivity contribution in [3.05, 3.63) is 47.7 Å². The average Bonchev–Trinajstić information content (AvgIpc) is 2.55. The molecule has 0 atom stereocenters. The van der Waals surface area contributed by atoms with Crippen molar-refractivity contribution in [3.63, 3.8) is 0 Å². The van der Waals surface area contributed by atoms with E-state index in [0.717, 1.165) is 32.6 Å². The topological polar surface area (TPSA) is 59.4 Å². The van der Waals surface area contributed by atoms with Gasteiger partial charge in [0, 0.05) is 38.9 Å². The molecule has 5 heteroatoms. The number of likely N-dealkylation sites (N-methyl/N-ethyl adjacent to an activating group) is 1. The zero-order chi connectivity index (χ0) is 15.8. The second-order valence-corrected chi connectivity index (χ2v) is 5.49. The number of hydrogen-bond donors (Lipinski definition) is 1. The van der Waals surface area contributed by atoms with Crippen molar-refractivity contribution in [2.45, 2.75) is 6.42 Å². The number of carbonyl (C=O) groups excluding carboxylic acids is 1. The van der Waals surface area contributed by atoms with Crippen LogP contribution in [0.1, 0.15) is 5.56 Å². The van der Waals surface area contributed by atoms with Crippen molar-refractivity contribution in [2.75, 3.05) is 39.8 Å². The van der Waals surface area contributed by atoms with Crippen molar-refractivity contribution in [3.8, 4) is 6.07 Å². The molecule has 0 bridgehead atoms. The molecule has 1 fully saturated rings. The number of hydrogen-bond acceptors (Lipinski definition) is 4. The van der Waals surface area contributed by atoms with Gasteiger partial charge in [-0.2, -0.15) is 5.26 Å². The molecule has 0 aliphatic carbocycles. The molecule has 1 aliphatic heterocycles. The van der Waals surface area contributed by atoms with Crippen molar-refractivity contribution in [2.24, 2.45) is 0 Å². The first-order valence-corrected chi connectivity index (χ1v) is 7.55. The van der Waals surface area contributed by atoms with Gasteiger partial charge in [0.25, 0.3) is 5.91 Å². The number of nitrogens with one attached hydrogen (secondary N) is 1. The Bertz CT molecular complexity index is 554. The first kappa shape index (κ1) is 16.1. The van der Waals surface area contributed by atoms with E-state index in [1.165, 1.54) is 5.56 Å². The minimum atomic E-state index is -0.294. The molecule has 1 saturated heterocycles. The molecule has 5 nitrogen and oxygen atoms in total. The van der Waals surface area contributed by atoms with Gasteiger partial charge in [0.1, 0.15) is 11.6 Å². The number of benzene rings is 1. The summed E-state index contributed by atoms with van der Waals surface area (Å²) in [5.74, 6) is -0.294. The van der Waals surface area contributed by atoms with Gasteiger partial charge in [0.2, 0.25) is 0 Å². The average molecular weight is 298 g/mol. The van der Waals surface area contributed by atoms with Crippen molar-refractivity contribution >= 4 is 5.91 Å². The van der Waals surface area contributed by atoms with Gasteiger partial charge >= 0.3 is 0 Å². The number of rotatable bonds is 5. The Hall–Kier alpha value is -2.32. The molecule has 1 N–H and O–H groups in total. The fourth-order valence-electron chi connectivity index (χ4n) is 2.33. The molecule has 2 rings (SSSR count). The van der Waals surface area contributed by atoms with E-state index in [9.17, 15) is 10.1 Å². The molecule has 22 heavy (non-hydrogen) atoms. The Morgan fingerprint density at radius 2 is 1.95 bits per heavy atom. The largest absolute Gasteiger partial charge is 0.374 e. The Morgan fingerprint density at radius 1 is 1.27 bits per heavy atom. The van der Waals surface area contributed by atoms with E-state index in [4.69, 9.17) is 0 Å². The van der Waals surface area contributed by atoms with Crippen LogP contribution in [-0.4, -0.2) is 55.5 Å². The molecule has 1 aromatic rings. The van der Waals surface area contributed by atoms with Crippen LogP contribution in [0.4, 0.5) is 0 Å². The Balaban J connectivity index is 1.82. The van der Waals surface area contributed by atoms with Crippen molar-refractivity contribution in [1.29, 1.82) is 5.26 Å². The monoisotopic (exact) mass is 298 g/mol. The molecule has 116 valence electrons. The molecule has 0 spiro atoms. The normalized spacial score (nSPS) is 16.2. The van der Waals surface area contributed by atoms with Gasteiger partial charge in [-0.25, -0.2) is 0 Å². The Kier molecular flexibility index (Phi) is 5.99. The lowest BCUT2D eigenvalue weighted by atomic mass is 10.1. The predicted octanol–water partition coefficient (Wildman–Crippen LogP) is 1.00. The number of nitriles is 1. The number of piperazine rings is 1. The van der Waals surface area contributed by atoms with Gasteiger partial charge in [-0.15, -0.1) is 0 Å². The summed E-state index contributed by atoms with van der Waals surface area (Å²) in [6, 6.07) is 12.0. The summed E-state index contributed by atoms with van der Waals surface area (Å²) in [5.41, 5.74) is 1.35. The summed E-state index contributed by atoms with van der Waals surface area (Å²) >= 11 is 0. The van der Waals surface area contributed by atoms with Gasteiger partial charge in [-0.1, -0.05) is 30.3 Å². The van der Waals surface area contributed by atoms with Gasteiger partial charge in [-0.05, 0) is 19.0 Å². The summed E-state index contributed by atoms with van der Waals surface area (Å²) < 4.78 is 0. The van der Waals surface area contributed by atoms with E-state index < -0.39 is 0 Å². The van der Waals surface area contributed by atoms with Crippen LogP contribution in [0.15, 0.2) is 42.1 Å². The van der Waals surface area contributed by atoms with Gasteiger partial charge in [-0.3, -0.25) is 4.79 Å². The lowest BCUT2D eigenvalue weighted by Crippen LogP contribution is -2.42. The van der Waals surface area contributed by atoms with E-state index >= 15 is 0 Å². The standard InChI is InChI=1S/C17H22N4O/c1-20-9-11-21(12-10-20)14-16(13-18)17(22)19-8-7-15-5-3-2-4-6-15/h2-6,14H,7-12H2,1H3,(H,19,22)/b16-14-. The molecule has 0 radical (unpaired) electrons. The van der Waals surface area contributed by atoms with Crippen LogP contribution in [0, 0.1) is 11.3 Å². The van der Waals surface area contributed by atoms with E-state index in [-0.39, 0.29) is 11.5 Å². The maximum Gasteiger partial charge on any atom is 0.263 e. The van der Waals surface area contributed by atoms with Crippen molar-refractivity contribution < 1.29 is 4.79 Å². The quantitative estimate of drug-likeness (QED) is 0.651. The maximum absolute atomic E-state index is 12.1. The van der Waals surface area contributed by atoms with Crippen LogP contribution < -0.4 is 5.32 Å². The Morgan fingerprint density at radius 3 is 2.59 bits per heavy atom. The van der Waals surface area contributed by atoms with Crippen molar-refractivity contribution in [1.82, 2.24) is 15.1 Å². The molecular formula is C17H22N4O. The minimum absolute atomic E-state index is 0.178. The molecular weight excluding hydrogens is 276 g/mol. The second-order valence-electron chi connectivity index (χ2n) is 5.49. The minimum Gasteiger partial charge on any atom is -0.374 e. The van der Waals surface area contributed by atoms with Gasteiger partial charge in [0.15, 0.2) is 0 Å². The van der Waals surface area contributed by atoms with E-state index in [1.54, 1.807) is 6.20 Å². The van der Waals surface area contributed by atoms with Crippen LogP contribution in [0.2, 0.25) is 0 Å². The summed E-state index contributed by atoms with van der Waals surface area (Å²) in [7, 11) is 2.07.